The molecule has 3 rings (SSSR count). The molecule has 1 aliphatic carbocycles. The molecule has 7 nitrogen and oxygen atoms in total. The molecule has 0 spiro atoms. The van der Waals surface area contributed by atoms with E-state index in [0.717, 1.165) is 30.5 Å². The molecule has 2 amide bonds. The van der Waals surface area contributed by atoms with E-state index in [0.29, 0.717) is 16.5 Å². The second kappa shape index (κ2) is 7.52. The Labute approximate surface area is 148 Å². The van der Waals surface area contributed by atoms with Crippen LogP contribution in [0.1, 0.15) is 24.6 Å². The molecule has 1 aromatic heterocycles. The Morgan fingerprint density at radius 1 is 1.16 bits per heavy atom. The summed E-state index contributed by atoms with van der Waals surface area (Å²) in [6.45, 7) is 1.43. The number of aromatic amines is 1. The van der Waals surface area contributed by atoms with Crippen LogP contribution in [0, 0.1) is 0 Å². The van der Waals surface area contributed by atoms with Crippen molar-refractivity contribution in [2.45, 2.75) is 31.3 Å². The number of rotatable bonds is 5. The Morgan fingerprint density at radius 2 is 1.84 bits per heavy atom. The molecule has 0 unspecified atom stereocenters. The van der Waals surface area contributed by atoms with E-state index in [-0.39, 0.29) is 23.1 Å². The van der Waals surface area contributed by atoms with Gasteiger partial charge in [0.25, 0.3) is 5.56 Å². The normalized spacial score (nSPS) is 12.5. The minimum atomic E-state index is -0.194. The molecule has 25 heavy (non-hydrogen) atoms. The van der Waals surface area contributed by atoms with Gasteiger partial charge in [0.15, 0.2) is 5.16 Å². The van der Waals surface area contributed by atoms with Crippen LogP contribution in [0.15, 0.2) is 34.2 Å². The van der Waals surface area contributed by atoms with E-state index < -0.39 is 0 Å². The van der Waals surface area contributed by atoms with E-state index in [1.54, 1.807) is 24.3 Å². The fraction of sp³-hybridized carbons (Fsp3) is 0.294. The molecule has 0 bridgehead atoms. The van der Waals surface area contributed by atoms with Crippen molar-refractivity contribution >= 4 is 35.0 Å². The quantitative estimate of drug-likeness (QED) is 0.560. The minimum Gasteiger partial charge on any atom is -0.326 e. The molecule has 0 atom stereocenters. The zero-order valence-electron chi connectivity index (χ0n) is 13.7. The second-order valence-corrected chi connectivity index (χ2v) is 6.71. The zero-order chi connectivity index (χ0) is 17.8. The van der Waals surface area contributed by atoms with Crippen molar-refractivity contribution in [3.8, 4) is 0 Å². The zero-order valence-corrected chi connectivity index (χ0v) is 14.5. The summed E-state index contributed by atoms with van der Waals surface area (Å²) < 4.78 is 0. The average molecular weight is 358 g/mol. The highest BCUT2D eigenvalue weighted by molar-refractivity contribution is 7.99. The summed E-state index contributed by atoms with van der Waals surface area (Å²) in [5.74, 6) is -0.195. The number of H-pyrrole nitrogens is 1. The number of nitrogens with one attached hydrogen (secondary N) is 3. The van der Waals surface area contributed by atoms with Crippen LogP contribution in [0.5, 0.6) is 0 Å². The van der Waals surface area contributed by atoms with Crippen molar-refractivity contribution in [3.05, 3.63) is 45.9 Å². The maximum absolute atomic E-state index is 12.0. The molecule has 0 fully saturated rings. The standard InChI is InChI=1S/C17H18N4O3S/c1-10(22)18-11-5-7-12(8-6-11)19-15(23)9-25-17-20-14-4-2-3-13(14)16(24)21-17/h5-8H,2-4,9H2,1H3,(H,18,22)(H,19,23)(H,20,21,24). The molecule has 1 aromatic carbocycles. The van der Waals surface area contributed by atoms with Gasteiger partial charge in [0.2, 0.25) is 11.8 Å². The van der Waals surface area contributed by atoms with Gasteiger partial charge in [-0.3, -0.25) is 14.4 Å². The Kier molecular flexibility index (Phi) is 5.18. The Balaban J connectivity index is 1.55. The number of hydrogen-bond acceptors (Lipinski definition) is 5. The second-order valence-electron chi connectivity index (χ2n) is 5.75. The van der Waals surface area contributed by atoms with E-state index >= 15 is 0 Å². The number of fused-ring (bicyclic) bond motifs is 1. The molecule has 0 saturated heterocycles. The molecule has 130 valence electrons. The summed E-state index contributed by atoms with van der Waals surface area (Å²) in [6, 6.07) is 6.85. The van der Waals surface area contributed by atoms with E-state index in [1.807, 2.05) is 0 Å². The molecule has 2 aromatic rings. The number of hydrogen-bond donors (Lipinski definition) is 3. The first-order chi connectivity index (χ1) is 12.0. The summed E-state index contributed by atoms with van der Waals surface area (Å²) in [5.41, 5.74) is 2.82. The van der Waals surface area contributed by atoms with Gasteiger partial charge in [-0.15, -0.1) is 0 Å². The predicted octanol–water partition coefficient (Wildman–Crippen LogP) is 1.95. The lowest BCUT2D eigenvalue weighted by Crippen LogP contribution is -2.17. The van der Waals surface area contributed by atoms with Crippen LogP contribution in [0.25, 0.3) is 0 Å². The van der Waals surface area contributed by atoms with Gasteiger partial charge in [-0.25, -0.2) is 4.98 Å². The Hall–Kier alpha value is -2.61. The third kappa shape index (κ3) is 4.48. The van der Waals surface area contributed by atoms with Crippen LogP contribution in [0.4, 0.5) is 11.4 Å². The SMILES string of the molecule is CC(=O)Nc1ccc(NC(=O)CSc2nc3c(c(=O)[nH]2)CCC3)cc1. The summed E-state index contributed by atoms with van der Waals surface area (Å²) in [6.07, 6.45) is 2.55. The molecule has 1 aliphatic rings. The van der Waals surface area contributed by atoms with E-state index in [1.165, 1.54) is 18.7 Å². The smallest absolute Gasteiger partial charge is 0.254 e. The average Bonchev–Trinajstić information content (AvgIpc) is 3.03. The summed E-state index contributed by atoms with van der Waals surface area (Å²) in [5, 5.41) is 5.90. The third-order valence-electron chi connectivity index (χ3n) is 3.75. The Morgan fingerprint density at radius 3 is 2.52 bits per heavy atom. The molecule has 0 aliphatic heterocycles. The van der Waals surface area contributed by atoms with Crippen molar-refractivity contribution in [1.82, 2.24) is 9.97 Å². The maximum Gasteiger partial charge on any atom is 0.254 e. The van der Waals surface area contributed by atoms with Gasteiger partial charge in [0, 0.05) is 23.9 Å². The molecule has 8 heteroatoms. The molecule has 1 heterocycles. The van der Waals surface area contributed by atoms with Gasteiger partial charge in [0.1, 0.15) is 0 Å². The van der Waals surface area contributed by atoms with Gasteiger partial charge in [-0.2, -0.15) is 0 Å². The summed E-state index contributed by atoms with van der Waals surface area (Å²) in [7, 11) is 0. The van der Waals surface area contributed by atoms with Crippen LogP contribution < -0.4 is 16.2 Å². The molecular formula is C17H18N4O3S. The number of anilines is 2. The fourth-order valence-electron chi connectivity index (χ4n) is 2.66. The lowest BCUT2D eigenvalue weighted by molar-refractivity contribution is -0.114. The summed E-state index contributed by atoms with van der Waals surface area (Å²) >= 11 is 1.20. The molecule has 3 N–H and O–H groups in total. The monoisotopic (exact) mass is 358 g/mol. The largest absolute Gasteiger partial charge is 0.326 e. The highest BCUT2D eigenvalue weighted by Gasteiger charge is 2.17. The van der Waals surface area contributed by atoms with Crippen molar-refractivity contribution in [1.29, 1.82) is 0 Å². The number of amides is 2. The number of carbonyl (C=O) groups is 2. The first kappa shape index (κ1) is 17.2. The van der Waals surface area contributed by atoms with Crippen LogP contribution >= 0.6 is 11.8 Å². The minimum absolute atomic E-state index is 0.0982. The maximum atomic E-state index is 12.0. The van der Waals surface area contributed by atoms with Crippen molar-refractivity contribution in [2.75, 3.05) is 16.4 Å². The van der Waals surface area contributed by atoms with Gasteiger partial charge >= 0.3 is 0 Å². The van der Waals surface area contributed by atoms with Crippen LogP contribution in [-0.4, -0.2) is 27.5 Å². The predicted molar refractivity (Wildman–Crippen MR) is 97.0 cm³/mol. The van der Waals surface area contributed by atoms with Gasteiger partial charge in [-0.1, -0.05) is 11.8 Å². The molecular weight excluding hydrogens is 340 g/mol. The number of benzene rings is 1. The van der Waals surface area contributed by atoms with Crippen LogP contribution in [0.3, 0.4) is 0 Å². The topological polar surface area (TPSA) is 104 Å². The fourth-order valence-corrected chi connectivity index (χ4v) is 3.34. The Bertz CT molecular complexity index is 861. The lowest BCUT2D eigenvalue weighted by atomic mass is 10.3. The summed E-state index contributed by atoms with van der Waals surface area (Å²) in [4.78, 5) is 42.1. The first-order valence-corrected chi connectivity index (χ1v) is 8.92. The lowest BCUT2D eigenvalue weighted by Gasteiger charge is -2.07. The number of aromatic nitrogens is 2. The van der Waals surface area contributed by atoms with Gasteiger partial charge in [0.05, 0.1) is 11.4 Å². The van der Waals surface area contributed by atoms with E-state index in [4.69, 9.17) is 0 Å². The highest BCUT2D eigenvalue weighted by atomic mass is 32.2. The highest BCUT2D eigenvalue weighted by Crippen LogP contribution is 2.20. The van der Waals surface area contributed by atoms with Gasteiger partial charge in [-0.05, 0) is 43.5 Å². The third-order valence-corrected chi connectivity index (χ3v) is 4.62. The number of aryl methyl sites for hydroxylation is 1. The number of thioether (sulfide) groups is 1. The molecule has 0 saturated carbocycles. The van der Waals surface area contributed by atoms with Crippen molar-refractivity contribution in [2.24, 2.45) is 0 Å². The van der Waals surface area contributed by atoms with Gasteiger partial charge < -0.3 is 15.6 Å². The first-order valence-electron chi connectivity index (χ1n) is 7.93. The molecule has 0 radical (unpaired) electrons. The van der Waals surface area contributed by atoms with Crippen LogP contribution in [0.2, 0.25) is 0 Å². The van der Waals surface area contributed by atoms with Crippen molar-refractivity contribution in [3.63, 3.8) is 0 Å². The van der Waals surface area contributed by atoms with Crippen molar-refractivity contribution < 1.29 is 9.59 Å². The van der Waals surface area contributed by atoms with E-state index in [9.17, 15) is 14.4 Å². The van der Waals surface area contributed by atoms with Crippen LogP contribution in [-0.2, 0) is 22.4 Å². The van der Waals surface area contributed by atoms with E-state index in [2.05, 4.69) is 20.6 Å². The number of carbonyl (C=O) groups excluding carboxylic acids is 2. The number of nitrogens with zero attached hydrogens (tertiary/aromatic N) is 1.